The van der Waals surface area contributed by atoms with Crippen LogP contribution in [-0.2, 0) is 4.79 Å². The molecule has 0 spiro atoms. The van der Waals surface area contributed by atoms with Crippen molar-refractivity contribution in [1.29, 1.82) is 0 Å². The van der Waals surface area contributed by atoms with E-state index >= 15 is 0 Å². The van der Waals surface area contributed by atoms with E-state index in [-0.39, 0.29) is 16.9 Å². The van der Waals surface area contributed by atoms with Crippen molar-refractivity contribution in [1.82, 2.24) is 0 Å². The van der Waals surface area contributed by atoms with Crippen LogP contribution < -0.4 is 4.74 Å². The molecule has 0 aliphatic heterocycles. The molecular formula is C10H9FO5. The van der Waals surface area contributed by atoms with Crippen molar-refractivity contribution in [2.24, 2.45) is 0 Å². The molecule has 1 unspecified atom stereocenters. The standard InChI is InChI=1S/C10H9FO5/c1-16-9-6(8(13)10(14)15)2-5(4-12)3-7(9)11/h2-4,8,13H,1H3,(H,14,15). The van der Waals surface area contributed by atoms with Crippen molar-refractivity contribution in [2.75, 3.05) is 7.11 Å². The highest BCUT2D eigenvalue weighted by Crippen LogP contribution is 2.29. The van der Waals surface area contributed by atoms with E-state index in [1.165, 1.54) is 0 Å². The third-order valence-corrected chi connectivity index (χ3v) is 1.96. The topological polar surface area (TPSA) is 83.8 Å². The summed E-state index contributed by atoms with van der Waals surface area (Å²) in [6.45, 7) is 0. The number of aliphatic hydroxyl groups excluding tert-OH is 1. The molecule has 0 radical (unpaired) electrons. The van der Waals surface area contributed by atoms with Gasteiger partial charge in [0.25, 0.3) is 0 Å². The van der Waals surface area contributed by atoms with Crippen LogP contribution in [0.15, 0.2) is 12.1 Å². The molecule has 0 aromatic heterocycles. The second kappa shape index (κ2) is 4.71. The summed E-state index contributed by atoms with van der Waals surface area (Å²) in [5.74, 6) is -2.84. The fourth-order valence-electron chi connectivity index (χ4n) is 1.26. The molecule has 0 amide bonds. The Labute approximate surface area is 90.1 Å². The van der Waals surface area contributed by atoms with Crippen LogP contribution in [0.5, 0.6) is 5.75 Å². The van der Waals surface area contributed by atoms with E-state index in [0.717, 1.165) is 19.2 Å². The molecule has 0 bridgehead atoms. The molecule has 6 heteroatoms. The molecule has 1 aromatic carbocycles. The summed E-state index contributed by atoms with van der Waals surface area (Å²) in [4.78, 5) is 21.0. The zero-order valence-corrected chi connectivity index (χ0v) is 8.31. The van der Waals surface area contributed by atoms with Crippen molar-refractivity contribution in [2.45, 2.75) is 6.10 Å². The Morgan fingerprint density at radius 2 is 2.19 bits per heavy atom. The second-order valence-corrected chi connectivity index (χ2v) is 2.98. The molecule has 0 saturated carbocycles. The van der Waals surface area contributed by atoms with Crippen LogP contribution in [0.2, 0.25) is 0 Å². The normalized spacial score (nSPS) is 11.9. The van der Waals surface area contributed by atoms with Gasteiger partial charge in [0, 0.05) is 11.1 Å². The monoisotopic (exact) mass is 228 g/mol. The van der Waals surface area contributed by atoms with Gasteiger partial charge in [-0.2, -0.15) is 0 Å². The van der Waals surface area contributed by atoms with E-state index in [1.54, 1.807) is 0 Å². The third kappa shape index (κ3) is 2.17. The Morgan fingerprint density at radius 3 is 2.62 bits per heavy atom. The SMILES string of the molecule is COc1c(F)cc(C=O)cc1C(O)C(=O)O. The Balaban J connectivity index is 3.38. The summed E-state index contributed by atoms with van der Waals surface area (Å²) in [6, 6.07) is 1.96. The lowest BCUT2D eigenvalue weighted by Gasteiger charge is -2.12. The highest BCUT2D eigenvalue weighted by atomic mass is 19.1. The maximum Gasteiger partial charge on any atom is 0.337 e. The number of carbonyl (C=O) groups is 2. The van der Waals surface area contributed by atoms with Crippen molar-refractivity contribution >= 4 is 12.3 Å². The molecule has 0 aliphatic rings. The van der Waals surface area contributed by atoms with Gasteiger partial charge in [0.2, 0.25) is 0 Å². The maximum atomic E-state index is 13.3. The number of ether oxygens (including phenoxy) is 1. The summed E-state index contributed by atoms with van der Waals surface area (Å²) >= 11 is 0. The molecule has 5 nitrogen and oxygen atoms in total. The van der Waals surface area contributed by atoms with Crippen molar-refractivity contribution < 1.29 is 28.9 Å². The summed E-state index contributed by atoms with van der Waals surface area (Å²) in [7, 11) is 1.14. The Hall–Kier alpha value is -1.95. The van der Waals surface area contributed by atoms with Crippen molar-refractivity contribution in [3.8, 4) is 5.75 Å². The molecule has 1 aromatic rings. The van der Waals surface area contributed by atoms with Crippen LogP contribution in [0, 0.1) is 5.82 Å². The number of hydrogen-bond donors (Lipinski definition) is 2. The van der Waals surface area contributed by atoms with Gasteiger partial charge in [0.05, 0.1) is 7.11 Å². The molecule has 1 atom stereocenters. The first kappa shape index (κ1) is 12.1. The van der Waals surface area contributed by atoms with E-state index in [4.69, 9.17) is 5.11 Å². The van der Waals surface area contributed by atoms with E-state index in [2.05, 4.69) is 4.74 Å². The lowest BCUT2D eigenvalue weighted by atomic mass is 10.0. The zero-order chi connectivity index (χ0) is 12.3. The average molecular weight is 228 g/mol. The lowest BCUT2D eigenvalue weighted by molar-refractivity contribution is -0.147. The predicted octanol–water partition coefficient (Wildman–Crippen LogP) is 0.765. The van der Waals surface area contributed by atoms with Crippen molar-refractivity contribution in [3.63, 3.8) is 0 Å². The molecule has 0 saturated heterocycles. The van der Waals surface area contributed by atoms with Gasteiger partial charge in [-0.15, -0.1) is 0 Å². The fourth-order valence-corrected chi connectivity index (χ4v) is 1.26. The molecule has 2 N–H and O–H groups in total. The third-order valence-electron chi connectivity index (χ3n) is 1.96. The van der Waals surface area contributed by atoms with E-state index < -0.39 is 17.9 Å². The van der Waals surface area contributed by atoms with Crippen LogP contribution in [0.3, 0.4) is 0 Å². The largest absolute Gasteiger partial charge is 0.493 e. The number of aliphatic hydroxyl groups is 1. The van der Waals surface area contributed by atoms with Gasteiger partial charge in [-0.3, -0.25) is 4.79 Å². The van der Waals surface area contributed by atoms with Crippen LogP contribution >= 0.6 is 0 Å². The molecule has 16 heavy (non-hydrogen) atoms. The van der Waals surface area contributed by atoms with Gasteiger partial charge in [-0.1, -0.05) is 0 Å². The summed E-state index contributed by atoms with van der Waals surface area (Å²) in [5.41, 5.74) is -0.370. The molecule has 0 heterocycles. The number of carboxylic acids is 1. The summed E-state index contributed by atoms with van der Waals surface area (Å²) in [5, 5.41) is 17.9. The number of benzene rings is 1. The minimum atomic E-state index is -1.94. The van der Waals surface area contributed by atoms with Gasteiger partial charge in [-0.25, -0.2) is 9.18 Å². The first-order valence-electron chi connectivity index (χ1n) is 4.24. The number of aliphatic carboxylic acids is 1. The Bertz CT molecular complexity index is 429. The molecule has 0 aliphatic carbocycles. The van der Waals surface area contributed by atoms with Crippen LogP contribution in [0.1, 0.15) is 22.0 Å². The predicted molar refractivity (Wildman–Crippen MR) is 50.9 cm³/mol. The number of rotatable bonds is 4. The summed E-state index contributed by atoms with van der Waals surface area (Å²) in [6.07, 6.45) is -1.59. The number of carboxylic acid groups (broad SMARTS) is 1. The number of halogens is 1. The highest BCUT2D eigenvalue weighted by molar-refractivity contribution is 5.79. The highest BCUT2D eigenvalue weighted by Gasteiger charge is 2.23. The Kier molecular flexibility index (Phi) is 3.57. The minimum absolute atomic E-state index is 0.0754. The van der Waals surface area contributed by atoms with Gasteiger partial charge >= 0.3 is 5.97 Å². The quantitative estimate of drug-likeness (QED) is 0.743. The van der Waals surface area contributed by atoms with Crippen molar-refractivity contribution in [3.05, 3.63) is 29.1 Å². The van der Waals surface area contributed by atoms with Gasteiger partial charge < -0.3 is 14.9 Å². The van der Waals surface area contributed by atoms with Gasteiger partial charge in [-0.05, 0) is 12.1 Å². The molecule has 0 fully saturated rings. The number of methoxy groups -OCH3 is 1. The number of aldehydes is 1. The van der Waals surface area contributed by atoms with E-state index in [1.807, 2.05) is 0 Å². The van der Waals surface area contributed by atoms with Crippen LogP contribution in [0.4, 0.5) is 4.39 Å². The van der Waals surface area contributed by atoms with E-state index in [0.29, 0.717) is 6.29 Å². The maximum absolute atomic E-state index is 13.3. The lowest BCUT2D eigenvalue weighted by Crippen LogP contribution is -2.13. The smallest absolute Gasteiger partial charge is 0.337 e. The minimum Gasteiger partial charge on any atom is -0.493 e. The van der Waals surface area contributed by atoms with Gasteiger partial charge in [0.15, 0.2) is 17.7 Å². The average Bonchev–Trinajstić information content (AvgIpc) is 2.26. The fraction of sp³-hybridized carbons (Fsp3) is 0.200. The summed E-state index contributed by atoms with van der Waals surface area (Å²) < 4.78 is 18.0. The molecule has 86 valence electrons. The Morgan fingerprint density at radius 1 is 1.56 bits per heavy atom. The zero-order valence-electron chi connectivity index (χ0n) is 8.31. The first-order chi connectivity index (χ1) is 7.51. The van der Waals surface area contributed by atoms with Crippen LogP contribution in [0.25, 0.3) is 0 Å². The van der Waals surface area contributed by atoms with Gasteiger partial charge in [0.1, 0.15) is 6.29 Å². The van der Waals surface area contributed by atoms with Crippen LogP contribution in [-0.4, -0.2) is 29.6 Å². The number of carbonyl (C=O) groups excluding carboxylic acids is 1. The first-order valence-corrected chi connectivity index (χ1v) is 4.24. The second-order valence-electron chi connectivity index (χ2n) is 2.98. The number of hydrogen-bond acceptors (Lipinski definition) is 4. The molecular weight excluding hydrogens is 219 g/mol. The molecule has 1 rings (SSSR count). The van der Waals surface area contributed by atoms with E-state index in [9.17, 15) is 19.1 Å².